The minimum atomic E-state index is -0.184. The smallest absolute Gasteiger partial charge is 0.256 e. The monoisotopic (exact) mass is 259 g/mol. The SMILES string of the molecule is CC(C)(C)CN1CCNC(=O)c2cnc(C#N)nc21. The summed E-state index contributed by atoms with van der Waals surface area (Å²) in [5, 5.41) is 11.7. The standard InChI is InChI=1S/C13H17N5O/c1-13(2,3)8-18-5-4-15-12(19)9-7-16-10(6-14)17-11(9)18/h7H,4-5,8H2,1-3H3,(H,15,19). The van der Waals surface area contributed by atoms with E-state index in [0.29, 0.717) is 24.5 Å². The number of carbonyl (C=O) groups is 1. The van der Waals surface area contributed by atoms with E-state index in [4.69, 9.17) is 5.26 Å². The van der Waals surface area contributed by atoms with Gasteiger partial charge in [-0.05, 0) is 5.41 Å². The number of nitrogens with zero attached hydrogens (tertiary/aromatic N) is 4. The van der Waals surface area contributed by atoms with Crippen molar-refractivity contribution in [3.05, 3.63) is 17.6 Å². The Bertz CT molecular complexity index is 541. The Labute approximate surface area is 112 Å². The first-order chi connectivity index (χ1) is 8.90. The van der Waals surface area contributed by atoms with E-state index in [2.05, 4.69) is 36.1 Å². The predicted octanol–water partition coefficient (Wildman–Crippen LogP) is 0.944. The van der Waals surface area contributed by atoms with Crippen LogP contribution in [0, 0.1) is 16.7 Å². The molecular formula is C13H17N5O. The maximum Gasteiger partial charge on any atom is 0.256 e. The van der Waals surface area contributed by atoms with Crippen molar-refractivity contribution in [2.75, 3.05) is 24.5 Å². The summed E-state index contributed by atoms with van der Waals surface area (Å²) in [6.45, 7) is 8.37. The lowest BCUT2D eigenvalue weighted by atomic mass is 9.96. The minimum Gasteiger partial charge on any atom is -0.354 e. The van der Waals surface area contributed by atoms with Gasteiger partial charge in [0.15, 0.2) is 0 Å². The fourth-order valence-corrected chi connectivity index (χ4v) is 2.06. The fraction of sp³-hybridized carbons (Fsp3) is 0.538. The molecule has 0 radical (unpaired) electrons. The molecule has 1 aliphatic rings. The molecule has 1 aromatic rings. The third kappa shape index (κ3) is 2.99. The third-order valence-electron chi connectivity index (χ3n) is 2.75. The van der Waals surface area contributed by atoms with Crippen LogP contribution in [0.1, 0.15) is 37.0 Å². The van der Waals surface area contributed by atoms with E-state index in [9.17, 15) is 4.79 Å². The topological polar surface area (TPSA) is 81.9 Å². The highest BCUT2D eigenvalue weighted by Crippen LogP contribution is 2.24. The second-order valence-corrected chi connectivity index (χ2v) is 5.78. The molecule has 6 heteroatoms. The van der Waals surface area contributed by atoms with Gasteiger partial charge >= 0.3 is 0 Å². The number of anilines is 1. The number of aromatic nitrogens is 2. The Kier molecular flexibility index (Phi) is 3.38. The first-order valence-corrected chi connectivity index (χ1v) is 6.21. The molecule has 1 aromatic heterocycles. The molecule has 0 aromatic carbocycles. The van der Waals surface area contributed by atoms with E-state index < -0.39 is 0 Å². The van der Waals surface area contributed by atoms with E-state index in [1.54, 1.807) is 0 Å². The van der Waals surface area contributed by atoms with Crippen LogP contribution >= 0.6 is 0 Å². The molecule has 0 saturated heterocycles. The Balaban J connectivity index is 2.46. The zero-order valence-electron chi connectivity index (χ0n) is 11.4. The Morgan fingerprint density at radius 2 is 2.26 bits per heavy atom. The summed E-state index contributed by atoms with van der Waals surface area (Å²) in [5.41, 5.74) is 0.503. The molecule has 1 amide bonds. The zero-order valence-corrected chi connectivity index (χ0v) is 11.4. The molecule has 0 spiro atoms. The van der Waals surface area contributed by atoms with Crippen LogP contribution in [0.4, 0.5) is 5.82 Å². The van der Waals surface area contributed by atoms with Crippen molar-refractivity contribution < 1.29 is 4.79 Å². The van der Waals surface area contributed by atoms with E-state index in [-0.39, 0.29) is 17.1 Å². The van der Waals surface area contributed by atoms with Crippen LogP contribution in [0.25, 0.3) is 0 Å². The van der Waals surface area contributed by atoms with Gasteiger partial charge in [0.2, 0.25) is 5.82 Å². The van der Waals surface area contributed by atoms with Crippen LogP contribution in [0.15, 0.2) is 6.20 Å². The number of hydrogen-bond acceptors (Lipinski definition) is 5. The molecule has 1 N–H and O–H groups in total. The normalized spacial score (nSPS) is 15.3. The number of hydrogen-bond donors (Lipinski definition) is 1. The van der Waals surface area contributed by atoms with Crippen LogP contribution in [0.5, 0.6) is 0 Å². The molecule has 0 fully saturated rings. The lowest BCUT2D eigenvalue weighted by Gasteiger charge is -2.30. The molecule has 2 heterocycles. The quantitative estimate of drug-likeness (QED) is 0.811. The lowest BCUT2D eigenvalue weighted by molar-refractivity contribution is 0.0957. The van der Waals surface area contributed by atoms with Crippen molar-refractivity contribution in [3.8, 4) is 6.07 Å². The Morgan fingerprint density at radius 1 is 1.53 bits per heavy atom. The van der Waals surface area contributed by atoms with Crippen LogP contribution in [0.3, 0.4) is 0 Å². The van der Waals surface area contributed by atoms with Gasteiger partial charge in [-0.2, -0.15) is 5.26 Å². The molecule has 19 heavy (non-hydrogen) atoms. The van der Waals surface area contributed by atoms with Crippen molar-refractivity contribution in [2.45, 2.75) is 20.8 Å². The lowest BCUT2D eigenvalue weighted by Crippen LogP contribution is -2.36. The summed E-state index contributed by atoms with van der Waals surface area (Å²) in [5.74, 6) is 0.458. The maximum absolute atomic E-state index is 11.9. The third-order valence-corrected chi connectivity index (χ3v) is 2.75. The number of fused-ring (bicyclic) bond motifs is 1. The first-order valence-electron chi connectivity index (χ1n) is 6.21. The highest BCUT2D eigenvalue weighted by Gasteiger charge is 2.26. The zero-order chi connectivity index (χ0) is 14.0. The molecule has 0 atom stereocenters. The Hall–Kier alpha value is -2.16. The maximum atomic E-state index is 11.9. The molecule has 2 rings (SSSR count). The van der Waals surface area contributed by atoms with Crippen molar-refractivity contribution in [3.63, 3.8) is 0 Å². The van der Waals surface area contributed by atoms with Crippen molar-refractivity contribution >= 4 is 11.7 Å². The molecule has 0 aliphatic carbocycles. The molecular weight excluding hydrogens is 242 g/mol. The average Bonchev–Trinajstić information content (AvgIpc) is 2.48. The van der Waals surface area contributed by atoms with E-state index in [0.717, 1.165) is 6.54 Å². The summed E-state index contributed by atoms with van der Waals surface area (Å²) >= 11 is 0. The van der Waals surface area contributed by atoms with Crippen molar-refractivity contribution in [2.24, 2.45) is 5.41 Å². The Morgan fingerprint density at radius 3 is 2.89 bits per heavy atom. The number of amides is 1. The molecule has 1 aliphatic heterocycles. The molecule has 0 unspecified atom stereocenters. The minimum absolute atomic E-state index is 0.0718. The van der Waals surface area contributed by atoms with Gasteiger partial charge in [-0.3, -0.25) is 4.79 Å². The van der Waals surface area contributed by atoms with Gasteiger partial charge in [-0.25, -0.2) is 9.97 Å². The average molecular weight is 259 g/mol. The molecule has 0 saturated carbocycles. The van der Waals surface area contributed by atoms with Crippen LogP contribution < -0.4 is 10.2 Å². The van der Waals surface area contributed by atoms with Gasteiger partial charge in [-0.1, -0.05) is 20.8 Å². The van der Waals surface area contributed by atoms with E-state index in [1.807, 2.05) is 11.0 Å². The second kappa shape index (κ2) is 4.84. The van der Waals surface area contributed by atoms with Gasteiger partial charge in [0.05, 0.1) is 0 Å². The molecule has 6 nitrogen and oxygen atoms in total. The van der Waals surface area contributed by atoms with Gasteiger partial charge in [-0.15, -0.1) is 0 Å². The van der Waals surface area contributed by atoms with Crippen LogP contribution in [0.2, 0.25) is 0 Å². The van der Waals surface area contributed by atoms with Gasteiger partial charge < -0.3 is 10.2 Å². The number of rotatable bonds is 1. The summed E-state index contributed by atoms with van der Waals surface area (Å²) in [6, 6.07) is 1.92. The first kappa shape index (κ1) is 13.3. The predicted molar refractivity (Wildman–Crippen MR) is 70.7 cm³/mol. The van der Waals surface area contributed by atoms with Crippen LogP contribution in [-0.4, -0.2) is 35.5 Å². The highest BCUT2D eigenvalue weighted by molar-refractivity contribution is 5.99. The van der Waals surface area contributed by atoms with E-state index in [1.165, 1.54) is 6.20 Å². The van der Waals surface area contributed by atoms with E-state index >= 15 is 0 Å². The number of nitrogens with one attached hydrogen (secondary N) is 1. The van der Waals surface area contributed by atoms with Crippen molar-refractivity contribution in [1.82, 2.24) is 15.3 Å². The number of nitriles is 1. The second-order valence-electron chi connectivity index (χ2n) is 5.78. The number of carbonyl (C=O) groups excluding carboxylic acids is 1. The summed E-state index contributed by atoms with van der Waals surface area (Å²) in [4.78, 5) is 22.0. The van der Waals surface area contributed by atoms with Crippen LogP contribution in [-0.2, 0) is 0 Å². The summed E-state index contributed by atoms with van der Waals surface area (Å²) < 4.78 is 0. The van der Waals surface area contributed by atoms with Gasteiger partial charge in [0, 0.05) is 25.8 Å². The highest BCUT2D eigenvalue weighted by atomic mass is 16.1. The summed E-state index contributed by atoms with van der Waals surface area (Å²) in [7, 11) is 0. The molecule has 100 valence electrons. The van der Waals surface area contributed by atoms with Crippen molar-refractivity contribution in [1.29, 1.82) is 5.26 Å². The summed E-state index contributed by atoms with van der Waals surface area (Å²) in [6.07, 6.45) is 1.43. The fourth-order valence-electron chi connectivity index (χ4n) is 2.06. The molecule has 0 bridgehead atoms. The van der Waals surface area contributed by atoms with Gasteiger partial charge in [0.1, 0.15) is 17.5 Å². The van der Waals surface area contributed by atoms with Gasteiger partial charge in [0.25, 0.3) is 5.91 Å². The largest absolute Gasteiger partial charge is 0.354 e.